The second-order valence-corrected chi connectivity index (χ2v) is 11.1. The van der Waals surface area contributed by atoms with Crippen molar-refractivity contribution in [3.8, 4) is 0 Å². The summed E-state index contributed by atoms with van der Waals surface area (Å²) < 4.78 is 30.9. The Morgan fingerprint density at radius 2 is 0.696 bits per heavy atom. The van der Waals surface area contributed by atoms with Gasteiger partial charge in [0, 0.05) is 0 Å². The van der Waals surface area contributed by atoms with Gasteiger partial charge in [-0.1, -0.05) is 0 Å². The fourth-order valence-electron chi connectivity index (χ4n) is 5.26. The molecule has 16 N–H and O–H groups in total. The van der Waals surface area contributed by atoms with E-state index in [1.807, 2.05) is 0 Å². The Morgan fingerprint density at radius 3 is 0.935 bits per heavy atom. The van der Waals surface area contributed by atoms with E-state index >= 15 is 0 Å². The molecule has 2 unspecified atom stereocenters. The smallest absolute Gasteiger partial charge is 0.224 e. The number of aliphatic hydroxyl groups excluding tert-OH is 16. The zero-order valence-electron chi connectivity index (χ0n) is 24.1. The van der Waals surface area contributed by atoms with Crippen LogP contribution in [0.4, 0.5) is 0 Å². The highest BCUT2D eigenvalue weighted by Crippen LogP contribution is 2.37. The minimum atomic E-state index is -2.22. The molecule has 4 aliphatic heterocycles. The molecule has 4 heterocycles. The summed E-state index contributed by atoms with van der Waals surface area (Å²) in [6.07, 6.45) is -25.3. The van der Waals surface area contributed by atoms with Crippen molar-refractivity contribution in [3.05, 3.63) is 0 Å². The van der Waals surface area contributed by atoms with Crippen molar-refractivity contribution < 1.29 is 110 Å². The van der Waals surface area contributed by atoms with Gasteiger partial charge in [0.25, 0.3) is 0 Å². The summed E-state index contributed by atoms with van der Waals surface area (Å²) in [5.41, 5.74) is 0. The maximum Gasteiger partial charge on any atom is 0.224 e. The van der Waals surface area contributed by atoms with Gasteiger partial charge in [-0.05, 0) is 0 Å². The summed E-state index contributed by atoms with van der Waals surface area (Å²) in [7, 11) is 0. The molecule has 0 amide bonds. The summed E-state index contributed by atoms with van der Waals surface area (Å²) in [5, 5.41) is 153. The molecule has 0 radical (unpaired) electrons. The van der Waals surface area contributed by atoms with Crippen molar-refractivity contribution in [1.82, 2.24) is 0 Å². The molecule has 0 bridgehead atoms. The van der Waals surface area contributed by atoms with E-state index in [1.54, 1.807) is 0 Å². The standard InChI is InChI=1S/2C12H22O11/c2*13-1-4-6(16)8(18)9(19)11(21-4)23-12(3-15)10(20)7(17)5(2-14)22-12/h2*4-11,13-20H,1-3H2/t2*4-,5-,6-,7-,8+,9-,10+,11-,12?/m11/s1. The van der Waals surface area contributed by atoms with Crippen LogP contribution in [-0.4, -0.2) is 231 Å². The molecule has 0 aromatic rings. The predicted octanol–water partition coefficient (Wildman–Crippen LogP) is -10.8. The zero-order valence-corrected chi connectivity index (χ0v) is 24.1. The Morgan fingerprint density at radius 1 is 0.391 bits per heavy atom. The van der Waals surface area contributed by atoms with Gasteiger partial charge in [0.15, 0.2) is 12.6 Å². The minimum absolute atomic E-state index is 0.669. The van der Waals surface area contributed by atoms with E-state index < -0.39 is 149 Å². The monoisotopic (exact) mass is 684 g/mol. The average molecular weight is 685 g/mol. The Hall–Kier alpha value is -0.880. The minimum Gasteiger partial charge on any atom is -0.394 e. The van der Waals surface area contributed by atoms with E-state index in [0.717, 1.165) is 0 Å². The quantitative estimate of drug-likeness (QED) is 0.101. The van der Waals surface area contributed by atoms with Crippen molar-refractivity contribution >= 4 is 0 Å². The number of hydrogen-bond acceptors (Lipinski definition) is 22. The van der Waals surface area contributed by atoms with Crippen LogP contribution in [0.2, 0.25) is 0 Å². The first-order valence-electron chi connectivity index (χ1n) is 14.1. The Balaban J connectivity index is 0.000000250. The van der Waals surface area contributed by atoms with Gasteiger partial charge in [-0.2, -0.15) is 0 Å². The summed E-state index contributed by atoms with van der Waals surface area (Å²) >= 11 is 0. The highest BCUT2D eigenvalue weighted by Gasteiger charge is 2.59. The van der Waals surface area contributed by atoms with E-state index in [-0.39, 0.29) is 0 Å². The zero-order chi connectivity index (χ0) is 34.7. The van der Waals surface area contributed by atoms with Crippen LogP contribution in [0.3, 0.4) is 0 Å². The molecular weight excluding hydrogens is 640 g/mol. The van der Waals surface area contributed by atoms with Crippen molar-refractivity contribution in [1.29, 1.82) is 0 Å². The molecule has 0 spiro atoms. The van der Waals surface area contributed by atoms with Crippen LogP contribution in [0.15, 0.2) is 0 Å². The van der Waals surface area contributed by atoms with E-state index in [2.05, 4.69) is 0 Å². The first-order valence-corrected chi connectivity index (χ1v) is 14.1. The molecule has 272 valence electrons. The third kappa shape index (κ3) is 7.48. The lowest BCUT2D eigenvalue weighted by Gasteiger charge is -2.43. The lowest BCUT2D eigenvalue weighted by Crippen LogP contribution is -2.62. The lowest BCUT2D eigenvalue weighted by molar-refractivity contribution is -0.383. The van der Waals surface area contributed by atoms with Gasteiger partial charge in [-0.25, -0.2) is 0 Å². The SMILES string of the molecule is OC[C@H]1OC(CO)(O[C@H]2O[C@H](CO)[C@@H](O)[C@H](O)[C@H]2O)[C@@H](O)[C@@H]1O.OC[C@H]1OC(CO)(O[C@H]2O[C@H](CO)[C@@H](O)[C@H](O)[C@H]2O)[C@@H](O)[C@@H]1O. The van der Waals surface area contributed by atoms with Crippen LogP contribution in [-0.2, 0) is 28.4 Å². The van der Waals surface area contributed by atoms with Crippen molar-refractivity contribution in [2.45, 2.75) is 110 Å². The predicted molar refractivity (Wildman–Crippen MR) is 137 cm³/mol. The van der Waals surface area contributed by atoms with Gasteiger partial charge < -0.3 is 110 Å². The maximum absolute atomic E-state index is 10.00. The highest BCUT2D eigenvalue weighted by atomic mass is 16.8. The van der Waals surface area contributed by atoms with Crippen LogP contribution < -0.4 is 0 Å². The normalized spacial score (nSPS) is 51.1. The van der Waals surface area contributed by atoms with Crippen molar-refractivity contribution in [3.63, 3.8) is 0 Å². The molecule has 4 fully saturated rings. The Bertz CT molecular complexity index is 858. The third-order valence-corrected chi connectivity index (χ3v) is 8.14. The van der Waals surface area contributed by atoms with Gasteiger partial charge in [0.05, 0.1) is 26.4 Å². The van der Waals surface area contributed by atoms with Gasteiger partial charge in [-0.15, -0.1) is 0 Å². The van der Waals surface area contributed by atoms with E-state index in [0.29, 0.717) is 0 Å². The fraction of sp³-hybridized carbons (Fsp3) is 1.00. The van der Waals surface area contributed by atoms with Crippen LogP contribution >= 0.6 is 0 Å². The second-order valence-electron chi connectivity index (χ2n) is 11.1. The van der Waals surface area contributed by atoms with Gasteiger partial charge in [0.1, 0.15) is 98.7 Å². The van der Waals surface area contributed by atoms with Crippen LogP contribution in [0.25, 0.3) is 0 Å². The molecule has 0 aromatic carbocycles. The number of ether oxygens (including phenoxy) is 6. The van der Waals surface area contributed by atoms with Gasteiger partial charge in [-0.3, -0.25) is 0 Å². The van der Waals surface area contributed by atoms with Crippen LogP contribution in [0.1, 0.15) is 0 Å². The largest absolute Gasteiger partial charge is 0.394 e. The summed E-state index contributed by atoms with van der Waals surface area (Å²) in [6.45, 7) is -4.64. The molecule has 0 saturated carbocycles. The second kappa shape index (κ2) is 16.2. The number of rotatable bonds is 10. The maximum atomic E-state index is 10.00. The van der Waals surface area contributed by atoms with Gasteiger partial charge in [0.2, 0.25) is 11.6 Å². The number of aliphatic hydroxyl groups is 16. The molecule has 46 heavy (non-hydrogen) atoms. The van der Waals surface area contributed by atoms with E-state index in [4.69, 9.17) is 48.8 Å². The molecule has 22 nitrogen and oxygen atoms in total. The van der Waals surface area contributed by atoms with E-state index in [9.17, 15) is 61.3 Å². The molecule has 4 saturated heterocycles. The van der Waals surface area contributed by atoms with Crippen molar-refractivity contribution in [2.24, 2.45) is 0 Å². The third-order valence-electron chi connectivity index (χ3n) is 8.14. The number of hydrogen-bond donors (Lipinski definition) is 16. The first-order chi connectivity index (χ1) is 21.6. The van der Waals surface area contributed by atoms with Crippen LogP contribution in [0.5, 0.6) is 0 Å². The first kappa shape index (κ1) is 39.6. The topological polar surface area (TPSA) is 379 Å². The molecule has 0 aliphatic carbocycles. The van der Waals surface area contributed by atoms with Gasteiger partial charge >= 0.3 is 0 Å². The molecule has 4 aliphatic rings. The molecule has 4 rings (SSSR count). The molecular formula is C24H44O22. The fourth-order valence-corrected chi connectivity index (χ4v) is 5.26. The highest BCUT2D eigenvalue weighted by molar-refractivity contribution is 5.00. The average Bonchev–Trinajstić information content (AvgIpc) is 3.45. The Labute approximate surface area is 260 Å². The van der Waals surface area contributed by atoms with Crippen molar-refractivity contribution in [2.75, 3.05) is 39.6 Å². The summed E-state index contributed by atoms with van der Waals surface area (Å²) in [5.74, 6) is -4.44. The Kier molecular flexibility index (Phi) is 13.9. The lowest BCUT2D eigenvalue weighted by atomic mass is 9.99. The summed E-state index contributed by atoms with van der Waals surface area (Å²) in [4.78, 5) is 0. The molecule has 18 atom stereocenters. The summed E-state index contributed by atoms with van der Waals surface area (Å²) in [6, 6.07) is 0. The van der Waals surface area contributed by atoms with E-state index in [1.165, 1.54) is 0 Å². The molecule has 22 heteroatoms. The molecule has 0 aromatic heterocycles. The van der Waals surface area contributed by atoms with Crippen LogP contribution in [0, 0.1) is 0 Å².